The Bertz CT molecular complexity index is 991. The van der Waals surface area contributed by atoms with Gasteiger partial charge < -0.3 is 0 Å². The van der Waals surface area contributed by atoms with Crippen LogP contribution in [0.1, 0.15) is 6.92 Å². The number of nitrogens with one attached hydrogen (secondary N) is 3. The van der Waals surface area contributed by atoms with Crippen LogP contribution in [0.2, 0.25) is 0 Å². The Labute approximate surface area is 161 Å². The topological polar surface area (TPSA) is 80.9 Å². The monoisotopic (exact) mass is 395 g/mol. The van der Waals surface area contributed by atoms with Crippen molar-refractivity contribution in [1.82, 2.24) is 0 Å². The number of carbonyl (C=O) groups excluding carboxylic acids is 1. The fourth-order valence-corrected chi connectivity index (χ4v) is 6.48. The Morgan fingerprint density at radius 1 is 0.857 bits per heavy atom. The minimum atomic E-state index is -4.10. The Hall–Kier alpha value is -3.44. The van der Waals surface area contributed by atoms with Gasteiger partial charge in [-0.25, -0.2) is 0 Å². The molecule has 3 aromatic carbocycles. The molecule has 0 aromatic heterocycles. The van der Waals surface area contributed by atoms with Crippen molar-refractivity contribution in [3.05, 3.63) is 72.8 Å². The van der Waals surface area contributed by atoms with Gasteiger partial charge in [-0.3, -0.25) is 0 Å². The molecule has 2 heterocycles. The molecule has 2 aliphatic rings. The number of hydrogen-bond donors (Lipinski definition) is 3. The molecular formula is C20H18N3O4P. The molecule has 2 aliphatic heterocycles. The van der Waals surface area contributed by atoms with E-state index in [4.69, 9.17) is 13.6 Å². The van der Waals surface area contributed by atoms with E-state index < -0.39 is 7.59 Å². The van der Waals surface area contributed by atoms with Crippen LogP contribution in [0, 0.1) is 0 Å². The van der Waals surface area contributed by atoms with Crippen LogP contribution in [0.3, 0.4) is 0 Å². The number of para-hydroxylation sites is 6. The van der Waals surface area contributed by atoms with Crippen LogP contribution in [0.4, 0.5) is 17.1 Å². The quantitative estimate of drug-likeness (QED) is 0.532. The van der Waals surface area contributed by atoms with E-state index in [1.165, 1.54) is 6.92 Å². The molecule has 7 nitrogen and oxygen atoms in total. The van der Waals surface area contributed by atoms with Gasteiger partial charge in [0.15, 0.2) is 0 Å². The van der Waals surface area contributed by atoms with Gasteiger partial charge in [0.05, 0.1) is 0 Å². The van der Waals surface area contributed by atoms with Gasteiger partial charge >= 0.3 is 161 Å². The standard InChI is InChI=1S/C20H18N3O4P/c1-14(24)21-15-8-2-5-11-18(15)25-28(22-16-9-3-6-12-19(16)26-28)23-17-10-4-7-13-20(17)27-28/h2-13,22-23H,1H3,(H,21,24). The number of hydrogen-bond acceptors (Lipinski definition) is 6. The molecular weight excluding hydrogens is 377 g/mol. The number of amides is 1. The Kier molecular flexibility index (Phi) is 3.45. The van der Waals surface area contributed by atoms with Gasteiger partial charge in [0.25, 0.3) is 0 Å². The number of carbonyl (C=O) groups is 1. The molecule has 1 amide bonds. The second kappa shape index (κ2) is 5.78. The first kappa shape index (κ1) is 16.7. The summed E-state index contributed by atoms with van der Waals surface area (Å²) in [7, 11) is -4.10. The van der Waals surface area contributed by atoms with Gasteiger partial charge in [0, 0.05) is 0 Å². The summed E-state index contributed by atoms with van der Waals surface area (Å²) in [5.74, 6) is 1.47. The molecule has 3 N–H and O–H groups in total. The van der Waals surface area contributed by atoms with E-state index in [0.29, 0.717) is 22.9 Å². The van der Waals surface area contributed by atoms with E-state index in [1.54, 1.807) is 12.1 Å². The van der Waals surface area contributed by atoms with E-state index >= 15 is 0 Å². The fraction of sp³-hybridized carbons (Fsp3) is 0.0500. The number of anilines is 3. The van der Waals surface area contributed by atoms with Crippen LogP contribution in [0.5, 0.6) is 17.2 Å². The number of rotatable bonds is 3. The summed E-state index contributed by atoms with van der Waals surface area (Å²) in [5, 5.41) is 9.46. The normalized spacial score (nSPS) is 18.1. The van der Waals surface area contributed by atoms with E-state index in [2.05, 4.69) is 15.5 Å². The Balaban J connectivity index is 1.62. The van der Waals surface area contributed by atoms with E-state index in [9.17, 15) is 4.79 Å². The van der Waals surface area contributed by atoms with Crippen molar-refractivity contribution in [2.24, 2.45) is 0 Å². The third-order valence-corrected chi connectivity index (χ3v) is 7.23. The molecule has 28 heavy (non-hydrogen) atoms. The predicted octanol–water partition coefficient (Wildman–Crippen LogP) is 5.16. The molecule has 0 atom stereocenters. The van der Waals surface area contributed by atoms with Gasteiger partial charge in [-0.2, -0.15) is 0 Å². The van der Waals surface area contributed by atoms with E-state index in [0.717, 1.165) is 11.4 Å². The van der Waals surface area contributed by atoms with Crippen molar-refractivity contribution in [3.8, 4) is 17.2 Å². The zero-order valence-corrected chi connectivity index (χ0v) is 15.9. The zero-order chi connectivity index (χ0) is 19.2. The predicted molar refractivity (Wildman–Crippen MR) is 110 cm³/mol. The van der Waals surface area contributed by atoms with Crippen LogP contribution in [0.15, 0.2) is 72.8 Å². The first-order valence-corrected chi connectivity index (χ1v) is 10.8. The van der Waals surface area contributed by atoms with Crippen LogP contribution >= 0.6 is 7.59 Å². The van der Waals surface area contributed by atoms with Gasteiger partial charge in [0.1, 0.15) is 0 Å². The van der Waals surface area contributed by atoms with Crippen molar-refractivity contribution < 1.29 is 18.4 Å². The van der Waals surface area contributed by atoms with Gasteiger partial charge in [0.2, 0.25) is 0 Å². The first-order chi connectivity index (χ1) is 13.5. The molecule has 5 rings (SSSR count). The van der Waals surface area contributed by atoms with Crippen LogP contribution in [-0.4, -0.2) is 5.91 Å². The average molecular weight is 395 g/mol. The van der Waals surface area contributed by atoms with Crippen molar-refractivity contribution >= 4 is 30.6 Å². The molecule has 0 fully saturated rings. The summed E-state index contributed by atoms with van der Waals surface area (Å²) >= 11 is 0. The van der Waals surface area contributed by atoms with E-state index in [1.807, 2.05) is 60.7 Å². The molecule has 1 spiro atoms. The number of benzene rings is 3. The third-order valence-electron chi connectivity index (χ3n) is 4.39. The number of fused-ring (bicyclic) bond motifs is 2. The van der Waals surface area contributed by atoms with Crippen molar-refractivity contribution in [3.63, 3.8) is 0 Å². The first-order valence-electron chi connectivity index (χ1n) is 8.79. The van der Waals surface area contributed by atoms with Crippen LogP contribution in [-0.2, 0) is 4.79 Å². The summed E-state index contributed by atoms with van der Waals surface area (Å²) in [6.07, 6.45) is 0. The maximum absolute atomic E-state index is 11.6. The minimum absolute atomic E-state index is 0.199. The third kappa shape index (κ3) is 2.60. The Morgan fingerprint density at radius 3 is 1.96 bits per heavy atom. The van der Waals surface area contributed by atoms with Gasteiger partial charge in [-0.1, -0.05) is 0 Å². The molecule has 0 bridgehead atoms. The molecule has 8 heteroatoms. The van der Waals surface area contributed by atoms with Crippen molar-refractivity contribution in [1.29, 1.82) is 0 Å². The summed E-state index contributed by atoms with van der Waals surface area (Å²) in [5.41, 5.74) is 2.05. The summed E-state index contributed by atoms with van der Waals surface area (Å²) in [6, 6.07) is 22.2. The van der Waals surface area contributed by atoms with Gasteiger partial charge in [-0.05, 0) is 0 Å². The molecule has 3 aromatic rings. The SMILES string of the molecule is CC(=O)Nc1ccccc1OP12(Nc3ccccc3O1)Nc1ccccc1O2. The van der Waals surface area contributed by atoms with Crippen molar-refractivity contribution in [2.45, 2.75) is 6.92 Å². The Morgan fingerprint density at radius 2 is 1.39 bits per heavy atom. The van der Waals surface area contributed by atoms with E-state index in [-0.39, 0.29) is 5.91 Å². The molecule has 0 unspecified atom stereocenters. The summed E-state index contributed by atoms with van der Waals surface area (Å²) in [4.78, 5) is 11.6. The van der Waals surface area contributed by atoms with Crippen LogP contribution in [0.25, 0.3) is 0 Å². The second-order valence-corrected chi connectivity index (χ2v) is 9.31. The van der Waals surface area contributed by atoms with Crippen molar-refractivity contribution in [2.75, 3.05) is 15.5 Å². The maximum atomic E-state index is 11.6. The summed E-state index contributed by atoms with van der Waals surface area (Å²) in [6.45, 7) is 1.45. The molecule has 0 aliphatic carbocycles. The average Bonchev–Trinajstić information content (AvgIpc) is 3.16. The van der Waals surface area contributed by atoms with Gasteiger partial charge in [-0.15, -0.1) is 0 Å². The fourth-order valence-electron chi connectivity index (χ4n) is 3.29. The molecule has 142 valence electrons. The van der Waals surface area contributed by atoms with Crippen LogP contribution < -0.4 is 29.1 Å². The molecule has 0 saturated carbocycles. The second-order valence-electron chi connectivity index (χ2n) is 6.55. The zero-order valence-electron chi connectivity index (χ0n) is 15.0. The molecule has 0 saturated heterocycles. The molecule has 0 radical (unpaired) electrons. The summed E-state index contributed by atoms with van der Waals surface area (Å²) < 4.78 is 19.1.